The summed E-state index contributed by atoms with van der Waals surface area (Å²) < 4.78 is 2.02. The number of rotatable bonds is 2. The van der Waals surface area contributed by atoms with E-state index in [2.05, 4.69) is 0 Å². The van der Waals surface area contributed by atoms with Crippen LogP contribution in [0.5, 0.6) is 0 Å². The Labute approximate surface area is 148 Å². The Kier molecular flexibility index (Phi) is 4.24. The maximum Gasteiger partial charge on any atom is 0.255 e. The van der Waals surface area contributed by atoms with Gasteiger partial charge in [-0.1, -0.05) is 6.07 Å². The van der Waals surface area contributed by atoms with Crippen LogP contribution in [-0.4, -0.2) is 51.9 Å². The molecular formula is C20H25N3O2. The van der Waals surface area contributed by atoms with Gasteiger partial charge in [0.25, 0.3) is 5.91 Å². The molecule has 0 aliphatic carbocycles. The van der Waals surface area contributed by atoms with E-state index in [1.807, 2.05) is 51.9 Å². The molecule has 5 heteroatoms. The second kappa shape index (κ2) is 6.54. The first-order valence-corrected chi connectivity index (χ1v) is 9.30. The molecular weight excluding hydrogens is 314 g/mol. The van der Waals surface area contributed by atoms with Gasteiger partial charge in [-0.3, -0.25) is 9.59 Å². The third-order valence-electron chi connectivity index (χ3n) is 5.62. The maximum absolute atomic E-state index is 13.3. The summed E-state index contributed by atoms with van der Waals surface area (Å²) in [6.45, 7) is 2.35. The van der Waals surface area contributed by atoms with E-state index in [1.54, 1.807) is 0 Å². The number of hydrogen-bond acceptors (Lipinski definition) is 2. The van der Waals surface area contributed by atoms with Crippen molar-refractivity contribution in [1.29, 1.82) is 0 Å². The van der Waals surface area contributed by atoms with E-state index in [0.717, 1.165) is 56.1 Å². The summed E-state index contributed by atoms with van der Waals surface area (Å²) in [6.07, 6.45) is 6.91. The van der Waals surface area contributed by atoms with Gasteiger partial charge in [-0.15, -0.1) is 0 Å². The number of nitrogens with zero attached hydrogens (tertiary/aromatic N) is 3. The van der Waals surface area contributed by atoms with Crippen molar-refractivity contribution in [3.05, 3.63) is 36.0 Å². The third-order valence-corrected chi connectivity index (χ3v) is 5.62. The maximum atomic E-state index is 13.3. The molecule has 1 aromatic carbocycles. The first kappa shape index (κ1) is 16.2. The molecule has 2 fully saturated rings. The lowest BCUT2D eigenvalue weighted by Crippen LogP contribution is -2.52. The summed E-state index contributed by atoms with van der Waals surface area (Å²) in [5, 5.41) is 0.966. The molecule has 0 unspecified atom stereocenters. The first-order valence-electron chi connectivity index (χ1n) is 9.30. The number of fused-ring (bicyclic) bond motifs is 1. The van der Waals surface area contributed by atoms with Gasteiger partial charge in [0.05, 0.1) is 0 Å². The molecule has 1 atom stereocenters. The van der Waals surface area contributed by atoms with Crippen LogP contribution in [0.15, 0.2) is 30.5 Å². The molecule has 2 aromatic rings. The lowest BCUT2D eigenvalue weighted by atomic mass is 9.98. The minimum Gasteiger partial charge on any atom is -0.351 e. The predicted molar refractivity (Wildman–Crippen MR) is 97.4 cm³/mol. The Hall–Kier alpha value is -2.30. The second-order valence-electron chi connectivity index (χ2n) is 7.21. The van der Waals surface area contributed by atoms with Crippen molar-refractivity contribution in [3.63, 3.8) is 0 Å². The van der Waals surface area contributed by atoms with E-state index in [1.165, 1.54) is 0 Å². The van der Waals surface area contributed by atoms with E-state index < -0.39 is 0 Å². The fraction of sp³-hybridized carbons (Fsp3) is 0.500. The highest BCUT2D eigenvalue weighted by atomic mass is 16.2. The van der Waals surface area contributed by atoms with Crippen molar-refractivity contribution in [2.45, 2.75) is 38.1 Å². The van der Waals surface area contributed by atoms with Crippen molar-refractivity contribution >= 4 is 22.7 Å². The van der Waals surface area contributed by atoms with Gasteiger partial charge in [0, 0.05) is 49.3 Å². The normalized spacial score (nSPS) is 21.1. The zero-order chi connectivity index (χ0) is 17.4. The van der Waals surface area contributed by atoms with E-state index >= 15 is 0 Å². The fourth-order valence-corrected chi connectivity index (χ4v) is 4.22. The molecule has 4 rings (SSSR count). The van der Waals surface area contributed by atoms with Gasteiger partial charge >= 0.3 is 0 Å². The molecule has 2 amide bonds. The Morgan fingerprint density at radius 3 is 2.56 bits per heavy atom. The Bertz CT molecular complexity index is 804. The van der Waals surface area contributed by atoms with Gasteiger partial charge < -0.3 is 14.4 Å². The number of carbonyl (C=O) groups excluding carboxylic acids is 2. The second-order valence-corrected chi connectivity index (χ2v) is 7.21. The van der Waals surface area contributed by atoms with Crippen LogP contribution in [0.2, 0.25) is 0 Å². The van der Waals surface area contributed by atoms with Gasteiger partial charge in [0.15, 0.2) is 0 Å². The van der Waals surface area contributed by atoms with Crippen LogP contribution in [0.3, 0.4) is 0 Å². The number of piperidine rings is 1. The summed E-state index contributed by atoms with van der Waals surface area (Å²) in [5.41, 5.74) is 1.75. The zero-order valence-electron chi connectivity index (χ0n) is 14.8. The summed E-state index contributed by atoms with van der Waals surface area (Å²) >= 11 is 0. The summed E-state index contributed by atoms with van der Waals surface area (Å²) in [5.74, 6) is 0.139. The number of amides is 2. The minimum atomic E-state index is -0.293. The van der Waals surface area contributed by atoms with Crippen LogP contribution in [0, 0.1) is 0 Å². The largest absolute Gasteiger partial charge is 0.351 e. The lowest BCUT2D eigenvalue weighted by molar-refractivity contribution is -0.136. The average molecular weight is 339 g/mol. The number of aryl methyl sites for hydroxylation is 1. The molecule has 0 radical (unpaired) electrons. The molecule has 25 heavy (non-hydrogen) atoms. The lowest BCUT2D eigenvalue weighted by Gasteiger charge is -2.37. The summed E-state index contributed by atoms with van der Waals surface area (Å²) in [4.78, 5) is 30.0. The highest BCUT2D eigenvalue weighted by molar-refractivity contribution is 6.07. The number of hydrogen-bond donors (Lipinski definition) is 0. The molecule has 5 nitrogen and oxygen atoms in total. The molecule has 0 saturated carbocycles. The number of likely N-dealkylation sites (tertiary alicyclic amines) is 2. The Morgan fingerprint density at radius 1 is 1.00 bits per heavy atom. The number of carbonyl (C=O) groups is 2. The van der Waals surface area contributed by atoms with E-state index in [4.69, 9.17) is 0 Å². The fourth-order valence-electron chi connectivity index (χ4n) is 4.22. The molecule has 0 bridgehead atoms. The smallest absolute Gasteiger partial charge is 0.255 e. The minimum absolute atomic E-state index is 0.00551. The van der Waals surface area contributed by atoms with Crippen molar-refractivity contribution in [2.75, 3.05) is 19.6 Å². The Morgan fingerprint density at radius 2 is 1.76 bits per heavy atom. The van der Waals surface area contributed by atoms with Gasteiger partial charge in [-0.05, 0) is 50.3 Å². The van der Waals surface area contributed by atoms with Crippen LogP contribution in [0.25, 0.3) is 10.9 Å². The van der Waals surface area contributed by atoms with Crippen LogP contribution in [-0.2, 0) is 11.8 Å². The van der Waals surface area contributed by atoms with Gasteiger partial charge in [0.1, 0.15) is 6.04 Å². The average Bonchev–Trinajstić information content (AvgIpc) is 3.31. The zero-order valence-corrected chi connectivity index (χ0v) is 14.8. The number of benzene rings is 1. The topological polar surface area (TPSA) is 45.6 Å². The van der Waals surface area contributed by atoms with Crippen LogP contribution < -0.4 is 0 Å². The first-order chi connectivity index (χ1) is 12.2. The van der Waals surface area contributed by atoms with Crippen LogP contribution >= 0.6 is 0 Å². The van der Waals surface area contributed by atoms with Crippen molar-refractivity contribution in [2.24, 2.45) is 7.05 Å². The highest BCUT2D eigenvalue weighted by Gasteiger charge is 2.36. The van der Waals surface area contributed by atoms with E-state index in [0.29, 0.717) is 12.1 Å². The SMILES string of the molecule is Cn1ccc2c(C(=O)N3CCCC[C@H]3C(=O)N3CCCC3)cccc21. The van der Waals surface area contributed by atoms with Gasteiger partial charge in [-0.2, -0.15) is 0 Å². The van der Waals surface area contributed by atoms with Gasteiger partial charge in [0.2, 0.25) is 5.91 Å². The Balaban J connectivity index is 1.65. The molecule has 0 N–H and O–H groups in total. The number of aromatic nitrogens is 1. The molecule has 2 saturated heterocycles. The predicted octanol–water partition coefficient (Wildman–Crippen LogP) is 2.80. The monoisotopic (exact) mass is 339 g/mol. The van der Waals surface area contributed by atoms with Crippen LogP contribution in [0.1, 0.15) is 42.5 Å². The summed E-state index contributed by atoms with van der Waals surface area (Å²) in [6, 6.07) is 7.53. The molecule has 2 aliphatic rings. The van der Waals surface area contributed by atoms with E-state index in [9.17, 15) is 9.59 Å². The molecule has 132 valence electrons. The highest BCUT2D eigenvalue weighted by Crippen LogP contribution is 2.26. The van der Waals surface area contributed by atoms with Gasteiger partial charge in [-0.25, -0.2) is 0 Å². The molecule has 1 aromatic heterocycles. The molecule has 2 aliphatic heterocycles. The van der Waals surface area contributed by atoms with E-state index in [-0.39, 0.29) is 17.9 Å². The molecule has 0 spiro atoms. The summed E-state index contributed by atoms with van der Waals surface area (Å²) in [7, 11) is 1.98. The van der Waals surface area contributed by atoms with Crippen molar-refractivity contribution in [1.82, 2.24) is 14.4 Å². The molecule has 3 heterocycles. The quantitative estimate of drug-likeness (QED) is 0.844. The van der Waals surface area contributed by atoms with Crippen molar-refractivity contribution < 1.29 is 9.59 Å². The third kappa shape index (κ3) is 2.81. The van der Waals surface area contributed by atoms with Crippen molar-refractivity contribution in [3.8, 4) is 0 Å². The standard InChI is InChI=1S/C20H25N3O2/c1-21-14-10-15-16(7-6-9-17(15)21)19(24)23-13-3-2-8-18(23)20(25)22-11-4-5-12-22/h6-7,9-10,14,18H,2-5,8,11-13H2,1H3/t18-/m0/s1. The van der Waals surface area contributed by atoms with Crippen LogP contribution in [0.4, 0.5) is 0 Å².